The topological polar surface area (TPSA) is 50.4 Å². The molecule has 2 aromatic carbocycles. The van der Waals surface area contributed by atoms with Crippen LogP contribution in [0.2, 0.25) is 0 Å². The minimum Gasteiger partial charge on any atom is -0.465 e. The normalized spacial score (nSPS) is 15.5. The molecule has 0 aliphatic heterocycles. The van der Waals surface area contributed by atoms with Crippen molar-refractivity contribution in [1.82, 2.24) is 5.32 Å². The number of methoxy groups -OCH3 is 1. The van der Waals surface area contributed by atoms with Gasteiger partial charge in [-0.25, -0.2) is 4.79 Å². The fraction of sp³-hybridized carbons (Fsp3) is 0.364. The molecule has 3 rings (SSSR count). The van der Waals surface area contributed by atoms with Gasteiger partial charge < -0.3 is 15.4 Å². The Kier molecular flexibility index (Phi) is 6.36. The van der Waals surface area contributed by atoms with Crippen LogP contribution in [0.5, 0.6) is 0 Å². The third kappa shape index (κ3) is 4.75. The Morgan fingerprint density at radius 3 is 2.47 bits per heavy atom. The van der Waals surface area contributed by atoms with Crippen molar-refractivity contribution >= 4 is 29.0 Å². The maximum absolute atomic E-state index is 13.2. The van der Waals surface area contributed by atoms with Crippen molar-refractivity contribution in [2.45, 2.75) is 44.3 Å². The molecule has 0 aromatic heterocycles. The van der Waals surface area contributed by atoms with Gasteiger partial charge in [0.2, 0.25) is 0 Å². The number of hydrogen-bond acceptors (Lipinski definition) is 3. The summed E-state index contributed by atoms with van der Waals surface area (Å²) in [4.78, 5) is 11.8. The number of rotatable bonds is 4. The standard InChI is InChI=1S/C22H23F3N2O2S/c1-14-8-9-15(19(28)29-2)12-18(14)26-20(30)27-21(10-3-4-11-21)16-6-5-7-17(13-16)22(23,24)25/h5-9,12-13H,3-4,10-11H2,1-2H3,(H2,26,27,30). The second kappa shape index (κ2) is 8.63. The lowest BCUT2D eigenvalue weighted by Gasteiger charge is -2.33. The number of halogens is 3. The average Bonchev–Trinajstić information content (AvgIpc) is 3.18. The van der Waals surface area contributed by atoms with Gasteiger partial charge in [-0.3, -0.25) is 0 Å². The van der Waals surface area contributed by atoms with Crippen LogP contribution in [0.25, 0.3) is 0 Å². The van der Waals surface area contributed by atoms with Gasteiger partial charge in [0.25, 0.3) is 0 Å². The zero-order valence-electron chi connectivity index (χ0n) is 16.7. The maximum Gasteiger partial charge on any atom is 0.416 e. The summed E-state index contributed by atoms with van der Waals surface area (Å²) in [7, 11) is 1.31. The summed E-state index contributed by atoms with van der Waals surface area (Å²) >= 11 is 5.49. The summed E-state index contributed by atoms with van der Waals surface area (Å²) in [5, 5.41) is 6.64. The van der Waals surface area contributed by atoms with E-state index in [1.165, 1.54) is 19.2 Å². The zero-order valence-corrected chi connectivity index (χ0v) is 17.5. The van der Waals surface area contributed by atoms with E-state index in [9.17, 15) is 18.0 Å². The van der Waals surface area contributed by atoms with Crippen LogP contribution in [0.4, 0.5) is 18.9 Å². The zero-order chi connectivity index (χ0) is 21.9. The van der Waals surface area contributed by atoms with Crippen LogP contribution >= 0.6 is 12.2 Å². The maximum atomic E-state index is 13.2. The lowest BCUT2D eigenvalue weighted by molar-refractivity contribution is -0.137. The number of hydrogen-bond donors (Lipinski definition) is 2. The largest absolute Gasteiger partial charge is 0.465 e. The van der Waals surface area contributed by atoms with Crippen LogP contribution in [-0.4, -0.2) is 18.2 Å². The number of alkyl halides is 3. The van der Waals surface area contributed by atoms with E-state index in [2.05, 4.69) is 10.6 Å². The van der Waals surface area contributed by atoms with Crippen molar-refractivity contribution in [2.75, 3.05) is 12.4 Å². The molecule has 0 unspecified atom stereocenters. The number of nitrogens with one attached hydrogen (secondary N) is 2. The van der Waals surface area contributed by atoms with Gasteiger partial charge >= 0.3 is 12.1 Å². The first-order valence-electron chi connectivity index (χ1n) is 9.60. The molecule has 30 heavy (non-hydrogen) atoms. The molecule has 8 heteroatoms. The molecule has 0 saturated heterocycles. The minimum atomic E-state index is -4.40. The van der Waals surface area contributed by atoms with Crippen LogP contribution < -0.4 is 10.6 Å². The van der Waals surface area contributed by atoms with E-state index >= 15 is 0 Å². The Hall–Kier alpha value is -2.61. The van der Waals surface area contributed by atoms with Crippen molar-refractivity contribution in [1.29, 1.82) is 0 Å². The molecule has 1 aliphatic carbocycles. The van der Waals surface area contributed by atoms with E-state index < -0.39 is 23.2 Å². The molecule has 2 N–H and O–H groups in total. The summed E-state index contributed by atoms with van der Waals surface area (Å²) in [6, 6.07) is 10.5. The van der Waals surface area contributed by atoms with Gasteiger partial charge in [-0.15, -0.1) is 0 Å². The Morgan fingerprint density at radius 2 is 1.83 bits per heavy atom. The molecule has 1 fully saturated rings. The van der Waals surface area contributed by atoms with Gasteiger partial charge in [0.1, 0.15) is 0 Å². The number of aryl methyl sites for hydroxylation is 1. The number of ether oxygens (including phenoxy) is 1. The highest BCUT2D eigenvalue weighted by molar-refractivity contribution is 7.80. The van der Waals surface area contributed by atoms with Crippen LogP contribution in [-0.2, 0) is 16.5 Å². The Balaban J connectivity index is 1.85. The third-order valence-electron chi connectivity index (χ3n) is 5.46. The number of thiocarbonyl (C=S) groups is 1. The SMILES string of the molecule is COC(=O)c1ccc(C)c(NC(=S)NC2(c3cccc(C(F)(F)F)c3)CCCC2)c1. The smallest absolute Gasteiger partial charge is 0.416 e. The van der Waals surface area contributed by atoms with E-state index in [1.807, 2.05) is 6.92 Å². The highest BCUT2D eigenvalue weighted by Crippen LogP contribution is 2.41. The second-order valence-electron chi connectivity index (χ2n) is 7.47. The Labute approximate surface area is 178 Å². The number of esters is 1. The Bertz CT molecular complexity index is 954. The number of anilines is 1. The predicted molar refractivity (Wildman–Crippen MR) is 113 cm³/mol. The van der Waals surface area contributed by atoms with E-state index in [0.29, 0.717) is 34.8 Å². The molecule has 0 spiro atoms. The molecular formula is C22H23F3N2O2S. The molecular weight excluding hydrogens is 413 g/mol. The molecule has 0 heterocycles. The number of carbonyl (C=O) groups excluding carboxylic acids is 1. The first kappa shape index (κ1) is 22.1. The van der Waals surface area contributed by atoms with Gasteiger partial charge in [-0.05, 0) is 67.4 Å². The van der Waals surface area contributed by atoms with Gasteiger partial charge in [-0.1, -0.05) is 31.0 Å². The number of carbonyl (C=O) groups is 1. The first-order chi connectivity index (χ1) is 14.1. The highest BCUT2D eigenvalue weighted by atomic mass is 32.1. The van der Waals surface area contributed by atoms with Crippen molar-refractivity contribution < 1.29 is 22.7 Å². The first-order valence-corrected chi connectivity index (χ1v) is 10.0. The van der Waals surface area contributed by atoms with Crippen molar-refractivity contribution in [3.8, 4) is 0 Å². The molecule has 0 bridgehead atoms. The van der Waals surface area contributed by atoms with E-state index in [1.54, 1.807) is 24.3 Å². The quantitative estimate of drug-likeness (QED) is 0.486. The molecule has 1 saturated carbocycles. The summed E-state index contributed by atoms with van der Waals surface area (Å²) in [5.41, 5.74) is 1.10. The summed E-state index contributed by atoms with van der Waals surface area (Å²) in [6.45, 7) is 1.87. The second-order valence-corrected chi connectivity index (χ2v) is 7.88. The third-order valence-corrected chi connectivity index (χ3v) is 5.66. The lowest BCUT2D eigenvalue weighted by Crippen LogP contribution is -2.45. The average molecular weight is 436 g/mol. The van der Waals surface area contributed by atoms with Crippen LogP contribution in [0, 0.1) is 6.92 Å². The molecule has 4 nitrogen and oxygen atoms in total. The van der Waals surface area contributed by atoms with E-state index in [-0.39, 0.29) is 0 Å². The lowest BCUT2D eigenvalue weighted by atomic mass is 9.87. The van der Waals surface area contributed by atoms with Crippen LogP contribution in [0.1, 0.15) is 52.7 Å². The summed E-state index contributed by atoms with van der Waals surface area (Å²) in [6.07, 6.45) is -1.26. The van der Waals surface area contributed by atoms with Gasteiger partial charge in [-0.2, -0.15) is 13.2 Å². The molecule has 0 amide bonds. The van der Waals surface area contributed by atoms with Gasteiger partial charge in [0.05, 0.1) is 23.8 Å². The van der Waals surface area contributed by atoms with Crippen molar-refractivity contribution in [2.24, 2.45) is 0 Å². The van der Waals surface area contributed by atoms with E-state index in [0.717, 1.165) is 24.5 Å². The van der Waals surface area contributed by atoms with Crippen LogP contribution in [0.3, 0.4) is 0 Å². The van der Waals surface area contributed by atoms with E-state index in [4.69, 9.17) is 17.0 Å². The fourth-order valence-electron chi connectivity index (χ4n) is 3.83. The summed E-state index contributed by atoms with van der Waals surface area (Å²) in [5.74, 6) is -0.465. The van der Waals surface area contributed by atoms with Crippen LogP contribution in [0.15, 0.2) is 42.5 Å². The Morgan fingerprint density at radius 1 is 1.13 bits per heavy atom. The molecule has 2 aromatic rings. The van der Waals surface area contributed by atoms with Crippen molar-refractivity contribution in [3.05, 3.63) is 64.7 Å². The predicted octanol–water partition coefficient (Wildman–Crippen LogP) is 5.56. The van der Waals surface area contributed by atoms with Gasteiger partial charge in [0.15, 0.2) is 5.11 Å². The summed E-state index contributed by atoms with van der Waals surface area (Å²) < 4.78 is 44.4. The highest BCUT2D eigenvalue weighted by Gasteiger charge is 2.38. The molecule has 0 radical (unpaired) electrons. The monoisotopic (exact) mass is 436 g/mol. The fourth-order valence-corrected chi connectivity index (χ4v) is 4.14. The molecule has 160 valence electrons. The minimum absolute atomic E-state index is 0.291. The van der Waals surface area contributed by atoms with Crippen molar-refractivity contribution in [3.63, 3.8) is 0 Å². The van der Waals surface area contributed by atoms with Gasteiger partial charge in [0, 0.05) is 5.69 Å². The number of benzene rings is 2. The molecule has 0 atom stereocenters. The molecule has 1 aliphatic rings.